The zero-order valence-electron chi connectivity index (χ0n) is 6.95. The van der Waals surface area contributed by atoms with Gasteiger partial charge in [-0.15, -0.1) is 0 Å². The lowest BCUT2D eigenvalue weighted by Gasteiger charge is -2.09. The first kappa shape index (κ1) is 9.14. The van der Waals surface area contributed by atoms with Crippen LogP contribution in [-0.4, -0.2) is 5.02 Å². The molecule has 0 spiro atoms. The molecule has 0 heterocycles. The number of nitrogens with two attached hydrogens (primary N) is 1. The van der Waals surface area contributed by atoms with Crippen molar-refractivity contribution in [3.63, 3.8) is 0 Å². The van der Waals surface area contributed by atoms with Gasteiger partial charge >= 0.3 is 0 Å². The van der Waals surface area contributed by atoms with Crippen LogP contribution in [0, 0.1) is 0 Å². The maximum absolute atomic E-state index is 5.88. The lowest BCUT2D eigenvalue weighted by atomic mass is 10.0. The first-order chi connectivity index (χ1) is 5.75. The average Bonchev–Trinajstić information content (AvgIpc) is 2.17. The van der Waals surface area contributed by atoms with Crippen LogP contribution in [0.1, 0.15) is 18.5 Å². The number of hydrogen-bond acceptors (Lipinski definition) is 2. The standard InChI is InChI=1S/C10H11NS/c1-8(7-12)10(11)9-5-3-2-4-6-9/h2-6,10H,11H2,1H3. The molecule has 0 radical (unpaired) electrons. The highest BCUT2D eigenvalue weighted by atomic mass is 32.1. The Morgan fingerprint density at radius 1 is 1.42 bits per heavy atom. The predicted octanol–water partition coefficient (Wildman–Crippen LogP) is 2.23. The predicted molar refractivity (Wildman–Crippen MR) is 55.2 cm³/mol. The second kappa shape index (κ2) is 4.17. The summed E-state index contributed by atoms with van der Waals surface area (Å²) in [7, 11) is 0. The first-order valence-electron chi connectivity index (χ1n) is 3.78. The van der Waals surface area contributed by atoms with E-state index in [-0.39, 0.29) is 6.04 Å². The normalized spacial score (nSPS) is 11.8. The number of hydrogen-bond donors (Lipinski definition) is 1. The molecule has 0 aliphatic rings. The van der Waals surface area contributed by atoms with Crippen molar-refractivity contribution in [2.24, 2.45) is 5.73 Å². The van der Waals surface area contributed by atoms with Crippen molar-refractivity contribution < 1.29 is 0 Å². The van der Waals surface area contributed by atoms with Crippen molar-refractivity contribution in [2.75, 3.05) is 0 Å². The summed E-state index contributed by atoms with van der Waals surface area (Å²) in [5, 5.41) is 2.64. The molecule has 1 rings (SSSR count). The maximum Gasteiger partial charge on any atom is 0.0592 e. The van der Waals surface area contributed by atoms with Gasteiger partial charge in [0.05, 0.1) is 6.04 Å². The molecule has 12 heavy (non-hydrogen) atoms. The van der Waals surface area contributed by atoms with E-state index in [4.69, 9.17) is 5.73 Å². The summed E-state index contributed by atoms with van der Waals surface area (Å²) >= 11 is 4.68. The third-order valence-corrected chi connectivity index (χ3v) is 2.11. The molecule has 0 saturated carbocycles. The van der Waals surface area contributed by atoms with E-state index < -0.39 is 0 Å². The molecule has 0 bridgehead atoms. The van der Waals surface area contributed by atoms with E-state index in [9.17, 15) is 0 Å². The second-order valence-corrected chi connectivity index (χ2v) is 2.88. The quantitative estimate of drug-likeness (QED) is 0.701. The molecular formula is C10H11NS. The Labute approximate surface area is 77.9 Å². The van der Waals surface area contributed by atoms with E-state index in [1.807, 2.05) is 37.3 Å². The van der Waals surface area contributed by atoms with Crippen molar-refractivity contribution in [1.82, 2.24) is 0 Å². The molecule has 62 valence electrons. The van der Waals surface area contributed by atoms with E-state index in [1.165, 1.54) is 0 Å². The Morgan fingerprint density at radius 3 is 2.50 bits per heavy atom. The lowest BCUT2D eigenvalue weighted by Crippen LogP contribution is -2.11. The molecule has 0 aromatic heterocycles. The van der Waals surface area contributed by atoms with Gasteiger partial charge in [0.2, 0.25) is 0 Å². The molecule has 0 aliphatic heterocycles. The minimum absolute atomic E-state index is 0.108. The molecule has 2 heteroatoms. The molecular weight excluding hydrogens is 166 g/mol. The fourth-order valence-corrected chi connectivity index (χ4v) is 1.10. The van der Waals surface area contributed by atoms with Gasteiger partial charge in [0.25, 0.3) is 0 Å². The van der Waals surface area contributed by atoms with Gasteiger partial charge in [0.15, 0.2) is 0 Å². The van der Waals surface area contributed by atoms with Gasteiger partial charge in [-0.3, -0.25) is 0 Å². The van der Waals surface area contributed by atoms with Crippen LogP contribution in [0.5, 0.6) is 0 Å². The van der Waals surface area contributed by atoms with Crippen LogP contribution in [0.25, 0.3) is 0 Å². The average molecular weight is 177 g/mol. The molecule has 1 atom stereocenters. The van der Waals surface area contributed by atoms with Crippen molar-refractivity contribution in [2.45, 2.75) is 13.0 Å². The summed E-state index contributed by atoms with van der Waals surface area (Å²) in [5.74, 6) is 0. The molecule has 1 aromatic carbocycles. The van der Waals surface area contributed by atoms with Crippen molar-refractivity contribution in [3.05, 3.63) is 41.5 Å². The van der Waals surface area contributed by atoms with Crippen molar-refractivity contribution in [3.8, 4) is 0 Å². The summed E-state index contributed by atoms with van der Waals surface area (Å²) in [6, 6.07) is 9.76. The van der Waals surface area contributed by atoms with Gasteiger partial charge in [-0.05, 0) is 29.7 Å². The van der Waals surface area contributed by atoms with Crippen LogP contribution in [0.2, 0.25) is 0 Å². The van der Waals surface area contributed by atoms with E-state index in [2.05, 4.69) is 17.2 Å². The highest BCUT2D eigenvalue weighted by molar-refractivity contribution is 7.78. The topological polar surface area (TPSA) is 26.0 Å². The second-order valence-electron chi connectivity index (χ2n) is 2.67. The molecule has 2 N–H and O–H groups in total. The largest absolute Gasteiger partial charge is 0.320 e. The van der Waals surface area contributed by atoms with Gasteiger partial charge in [0, 0.05) is 5.57 Å². The van der Waals surface area contributed by atoms with Gasteiger partial charge in [-0.2, -0.15) is 0 Å². The smallest absolute Gasteiger partial charge is 0.0592 e. The van der Waals surface area contributed by atoms with Crippen molar-refractivity contribution >= 4 is 17.2 Å². The highest BCUT2D eigenvalue weighted by Gasteiger charge is 2.05. The molecule has 0 saturated heterocycles. The Morgan fingerprint density at radius 2 is 2.00 bits per heavy atom. The molecule has 1 aromatic rings. The summed E-state index contributed by atoms with van der Waals surface area (Å²) < 4.78 is 0. The number of thiocarbonyl (C=S) groups is 1. The van der Waals surface area contributed by atoms with E-state index in [0.29, 0.717) is 0 Å². The first-order valence-corrected chi connectivity index (χ1v) is 4.18. The Kier molecular flexibility index (Phi) is 3.18. The fourth-order valence-electron chi connectivity index (χ4n) is 0.974. The van der Waals surface area contributed by atoms with E-state index >= 15 is 0 Å². The van der Waals surface area contributed by atoms with Gasteiger partial charge in [0.1, 0.15) is 0 Å². The summed E-state index contributed by atoms with van der Waals surface area (Å²) in [6.45, 7) is 1.89. The van der Waals surface area contributed by atoms with Gasteiger partial charge < -0.3 is 5.73 Å². The van der Waals surface area contributed by atoms with E-state index in [1.54, 1.807) is 0 Å². The van der Waals surface area contributed by atoms with Crippen LogP contribution in [-0.2, 0) is 0 Å². The Balaban J connectivity index is 2.93. The monoisotopic (exact) mass is 177 g/mol. The lowest BCUT2D eigenvalue weighted by molar-refractivity contribution is 0.859. The molecule has 1 nitrogen and oxygen atoms in total. The van der Waals surface area contributed by atoms with Crippen LogP contribution in [0.4, 0.5) is 0 Å². The highest BCUT2D eigenvalue weighted by Crippen LogP contribution is 2.15. The third-order valence-electron chi connectivity index (χ3n) is 1.79. The minimum atomic E-state index is -0.108. The molecule has 0 aliphatic carbocycles. The van der Waals surface area contributed by atoms with Crippen LogP contribution in [0.3, 0.4) is 0 Å². The fraction of sp³-hybridized carbons (Fsp3) is 0.200. The molecule has 0 amide bonds. The summed E-state index contributed by atoms with van der Waals surface area (Å²) in [4.78, 5) is 0. The number of benzene rings is 1. The molecule has 0 fully saturated rings. The third kappa shape index (κ3) is 2.02. The van der Waals surface area contributed by atoms with Gasteiger partial charge in [-0.1, -0.05) is 30.3 Å². The Hall–Kier alpha value is -0.950. The van der Waals surface area contributed by atoms with E-state index in [0.717, 1.165) is 11.1 Å². The number of rotatable bonds is 2. The van der Waals surface area contributed by atoms with Crippen molar-refractivity contribution in [1.29, 1.82) is 0 Å². The summed E-state index contributed by atoms with van der Waals surface area (Å²) in [5.41, 5.74) is 7.86. The zero-order chi connectivity index (χ0) is 8.97. The van der Waals surface area contributed by atoms with Crippen LogP contribution >= 0.6 is 12.2 Å². The summed E-state index contributed by atoms with van der Waals surface area (Å²) in [6.07, 6.45) is 0. The van der Waals surface area contributed by atoms with Crippen LogP contribution < -0.4 is 5.73 Å². The maximum atomic E-state index is 5.88. The zero-order valence-corrected chi connectivity index (χ0v) is 7.77. The Bertz CT molecular complexity index is 299. The van der Waals surface area contributed by atoms with Gasteiger partial charge in [-0.25, -0.2) is 0 Å². The SMILES string of the molecule is CC(=C=S)C(N)c1ccccc1. The minimum Gasteiger partial charge on any atom is -0.320 e. The van der Waals surface area contributed by atoms with Crippen LogP contribution in [0.15, 0.2) is 35.9 Å². The molecule has 1 unspecified atom stereocenters.